The quantitative estimate of drug-likeness (QED) is 0.0655. The first-order valence-electron chi connectivity index (χ1n) is 27.4. The number of nitrogens with zero attached hydrogens (tertiary/aromatic N) is 8. The van der Waals surface area contributed by atoms with Crippen molar-refractivity contribution >= 4 is 56.7 Å². The van der Waals surface area contributed by atoms with Crippen molar-refractivity contribution < 1.29 is 29.0 Å². The number of likely N-dealkylation sites (tertiary alicyclic amines) is 2. The van der Waals surface area contributed by atoms with Gasteiger partial charge in [-0.3, -0.25) is 19.3 Å². The maximum absolute atomic E-state index is 14.2. The molecule has 3 amide bonds. The Hall–Kier alpha value is -6.34. The highest BCUT2D eigenvalue weighted by molar-refractivity contribution is 7.13. The van der Waals surface area contributed by atoms with Crippen LogP contribution in [0.25, 0.3) is 43.6 Å². The molecule has 402 valence electrons. The summed E-state index contributed by atoms with van der Waals surface area (Å²) in [6, 6.07) is 17.2. The standard InChI is InChI=1S/C58H73N11O6S/c1-7-37-11-9-12-40-27-43(70)28-44(49(37)40)52-59-29-45-53(64-52)65-57(66-54(45)68-30-41-18-19-42(31-68)62-41)75-26-25-67-23-20-36(21-24-67)32-74-33-48(71)63-51(58(4,5)6)56(73)69-22-10-13-47(69)55(72)61-35(3)38-14-16-39(17-15-38)50-46(8-2)60-34-76-50/h9,11-12,14-17,27-29,34-36,41-42,47,51,62,70H,7-8,10,13,18-26,30-33H2,1-6H3,(H,61,72)(H,63,71). The van der Waals surface area contributed by atoms with E-state index >= 15 is 0 Å². The molecule has 0 radical (unpaired) electrons. The number of hydrogen-bond donors (Lipinski definition) is 4. The van der Waals surface area contributed by atoms with E-state index in [-0.39, 0.29) is 48.0 Å². The van der Waals surface area contributed by atoms with E-state index in [0.29, 0.717) is 62.7 Å². The van der Waals surface area contributed by atoms with Crippen molar-refractivity contribution in [2.75, 3.05) is 64.0 Å². The molecule has 0 spiro atoms. The third kappa shape index (κ3) is 11.8. The van der Waals surface area contributed by atoms with E-state index in [4.69, 9.17) is 29.4 Å². The van der Waals surface area contributed by atoms with Gasteiger partial charge >= 0.3 is 6.01 Å². The molecule has 3 aromatic heterocycles. The molecule has 4 aliphatic heterocycles. The van der Waals surface area contributed by atoms with Crippen LogP contribution >= 0.6 is 11.3 Å². The number of piperazine rings is 1. The lowest BCUT2D eigenvalue weighted by Gasteiger charge is -2.35. The van der Waals surface area contributed by atoms with Crippen molar-refractivity contribution in [2.45, 2.75) is 123 Å². The van der Waals surface area contributed by atoms with Crippen molar-refractivity contribution in [1.82, 2.24) is 50.7 Å². The number of aromatic nitrogens is 5. The van der Waals surface area contributed by atoms with Crippen LogP contribution in [0.5, 0.6) is 11.8 Å². The van der Waals surface area contributed by atoms with Crippen LogP contribution in [0.4, 0.5) is 5.82 Å². The number of carbonyl (C=O) groups is 3. The van der Waals surface area contributed by atoms with Crippen molar-refractivity contribution in [3.8, 4) is 33.6 Å². The Balaban J connectivity index is 0.706. The minimum Gasteiger partial charge on any atom is -0.508 e. The third-order valence-corrected chi connectivity index (χ3v) is 16.7. The topological polar surface area (TPSA) is 200 Å². The molecule has 4 fully saturated rings. The maximum Gasteiger partial charge on any atom is 0.320 e. The smallest absolute Gasteiger partial charge is 0.320 e. The second-order valence-corrected chi connectivity index (χ2v) is 23.1. The number of amides is 3. The molecule has 18 heteroatoms. The van der Waals surface area contributed by atoms with Gasteiger partial charge in [0.25, 0.3) is 0 Å². The Bertz CT molecular complexity index is 3030. The number of rotatable bonds is 18. The summed E-state index contributed by atoms with van der Waals surface area (Å²) in [5, 5.41) is 23.3. The number of piperidine rings is 1. The van der Waals surface area contributed by atoms with Crippen LogP contribution in [0.1, 0.15) is 103 Å². The van der Waals surface area contributed by atoms with Gasteiger partial charge in [-0.05, 0) is 122 Å². The lowest BCUT2D eigenvalue weighted by molar-refractivity contribution is -0.144. The fourth-order valence-electron chi connectivity index (χ4n) is 11.6. The zero-order chi connectivity index (χ0) is 53.1. The number of nitrogens with one attached hydrogen (secondary N) is 3. The Labute approximate surface area is 449 Å². The molecule has 2 bridgehead atoms. The Morgan fingerprint density at radius 1 is 0.908 bits per heavy atom. The Kier molecular flexibility index (Phi) is 16.1. The van der Waals surface area contributed by atoms with Gasteiger partial charge < -0.3 is 40.3 Å². The van der Waals surface area contributed by atoms with Crippen LogP contribution in [0, 0.1) is 11.3 Å². The molecule has 6 aromatic rings. The summed E-state index contributed by atoms with van der Waals surface area (Å²) in [5.74, 6) is 0.896. The lowest BCUT2D eigenvalue weighted by Crippen LogP contribution is -2.58. The maximum atomic E-state index is 14.2. The number of phenols is 1. The number of anilines is 1. The number of fused-ring (bicyclic) bond motifs is 4. The minimum absolute atomic E-state index is 0.153. The number of phenolic OH excluding ortho intramolecular Hbond substituents is 1. The SMILES string of the molecule is CCc1ncsc1-c1ccc(C(C)NC(=O)C2CCCN2C(=O)C(NC(=O)COCC2CCN(CCOc3nc(N4CC5CCC(C4)N5)c4cnc(-c5cc(O)cc6cccc(CC)c56)nc4n3)CC2)C(C)(C)C)cc1. The van der Waals surface area contributed by atoms with Crippen LogP contribution in [-0.2, 0) is 32.0 Å². The summed E-state index contributed by atoms with van der Waals surface area (Å²) in [4.78, 5) is 73.2. The number of aromatic hydroxyl groups is 1. The van der Waals surface area contributed by atoms with Crippen LogP contribution < -0.4 is 25.6 Å². The predicted molar refractivity (Wildman–Crippen MR) is 296 cm³/mol. The van der Waals surface area contributed by atoms with E-state index < -0.39 is 17.5 Å². The number of thiazole rings is 1. The van der Waals surface area contributed by atoms with Gasteiger partial charge in [0.15, 0.2) is 11.5 Å². The van der Waals surface area contributed by atoms with Gasteiger partial charge in [0.05, 0.1) is 34.1 Å². The zero-order valence-corrected chi connectivity index (χ0v) is 45.6. The van der Waals surface area contributed by atoms with Crippen molar-refractivity contribution in [1.29, 1.82) is 0 Å². The molecular formula is C58H73N11O6S. The molecule has 10 rings (SSSR count). The average Bonchev–Trinajstić information content (AvgIpc) is 4.20. The summed E-state index contributed by atoms with van der Waals surface area (Å²) in [5.41, 5.74) is 6.83. The average molecular weight is 1050 g/mol. The van der Waals surface area contributed by atoms with Crippen LogP contribution in [0.2, 0.25) is 0 Å². The zero-order valence-electron chi connectivity index (χ0n) is 44.8. The van der Waals surface area contributed by atoms with Crippen molar-refractivity contribution in [3.05, 3.63) is 83.1 Å². The monoisotopic (exact) mass is 1050 g/mol. The third-order valence-electron chi connectivity index (χ3n) is 15.8. The molecule has 4 N–H and O–H groups in total. The molecule has 3 aromatic carbocycles. The molecule has 7 heterocycles. The first kappa shape index (κ1) is 53.1. The van der Waals surface area contributed by atoms with Crippen molar-refractivity contribution in [3.63, 3.8) is 0 Å². The highest BCUT2D eigenvalue weighted by Crippen LogP contribution is 2.37. The van der Waals surface area contributed by atoms with Gasteiger partial charge in [-0.2, -0.15) is 9.97 Å². The van der Waals surface area contributed by atoms with E-state index in [1.165, 1.54) is 0 Å². The first-order valence-corrected chi connectivity index (χ1v) is 28.3. The fourth-order valence-corrected chi connectivity index (χ4v) is 12.5. The van der Waals surface area contributed by atoms with E-state index in [0.717, 1.165) is 120 Å². The summed E-state index contributed by atoms with van der Waals surface area (Å²) in [7, 11) is 0. The molecule has 4 saturated heterocycles. The molecule has 0 aliphatic carbocycles. The summed E-state index contributed by atoms with van der Waals surface area (Å²) < 4.78 is 12.4. The van der Waals surface area contributed by atoms with Crippen LogP contribution in [0.3, 0.4) is 0 Å². The number of carbonyl (C=O) groups excluding carboxylic acids is 3. The largest absolute Gasteiger partial charge is 0.508 e. The number of aryl methyl sites for hydroxylation is 2. The lowest BCUT2D eigenvalue weighted by atomic mass is 9.85. The van der Waals surface area contributed by atoms with Crippen LogP contribution in [0.15, 0.2) is 66.3 Å². The van der Waals surface area contributed by atoms with E-state index in [1.807, 2.05) is 63.7 Å². The van der Waals surface area contributed by atoms with Gasteiger partial charge in [-0.1, -0.05) is 77.1 Å². The first-order chi connectivity index (χ1) is 36.7. The number of hydrogen-bond acceptors (Lipinski definition) is 15. The number of ether oxygens (including phenoxy) is 2. The molecule has 76 heavy (non-hydrogen) atoms. The van der Waals surface area contributed by atoms with E-state index in [9.17, 15) is 19.5 Å². The van der Waals surface area contributed by atoms with Gasteiger partial charge in [0.2, 0.25) is 17.7 Å². The minimum atomic E-state index is -0.832. The van der Waals surface area contributed by atoms with E-state index in [1.54, 1.807) is 28.4 Å². The molecule has 17 nitrogen and oxygen atoms in total. The van der Waals surface area contributed by atoms with Crippen molar-refractivity contribution in [2.24, 2.45) is 11.3 Å². The predicted octanol–water partition coefficient (Wildman–Crippen LogP) is 7.64. The summed E-state index contributed by atoms with van der Waals surface area (Å²) in [6.07, 6.45) is 8.85. The summed E-state index contributed by atoms with van der Waals surface area (Å²) in [6.45, 7) is 17.2. The summed E-state index contributed by atoms with van der Waals surface area (Å²) >= 11 is 1.63. The molecular weight excluding hydrogens is 979 g/mol. The van der Waals surface area contributed by atoms with Crippen LogP contribution in [-0.4, -0.2) is 141 Å². The molecule has 5 atom stereocenters. The molecule has 4 aliphatic rings. The molecule has 5 unspecified atom stereocenters. The Morgan fingerprint density at radius 2 is 1.68 bits per heavy atom. The van der Waals surface area contributed by atoms with Gasteiger partial charge in [-0.15, -0.1) is 11.3 Å². The van der Waals surface area contributed by atoms with Gasteiger partial charge in [-0.25, -0.2) is 15.0 Å². The van der Waals surface area contributed by atoms with Gasteiger partial charge in [0, 0.05) is 50.0 Å². The second-order valence-electron chi connectivity index (χ2n) is 22.2. The molecule has 0 saturated carbocycles. The normalized spacial score (nSPS) is 20.1. The fraction of sp³-hybridized carbons (Fsp3) is 0.517. The second kappa shape index (κ2) is 23.1. The highest BCUT2D eigenvalue weighted by Gasteiger charge is 2.42. The highest BCUT2D eigenvalue weighted by atomic mass is 32.1. The Morgan fingerprint density at radius 3 is 2.42 bits per heavy atom. The number of benzene rings is 3. The van der Waals surface area contributed by atoms with E-state index in [2.05, 4.69) is 62.8 Å². The van der Waals surface area contributed by atoms with Gasteiger partial charge in [0.1, 0.15) is 36.9 Å².